The van der Waals surface area contributed by atoms with E-state index in [0.29, 0.717) is 11.6 Å². The second-order valence-electron chi connectivity index (χ2n) is 4.03. The first-order valence-corrected chi connectivity index (χ1v) is 5.49. The number of rotatable bonds is 3. The van der Waals surface area contributed by atoms with Crippen LogP contribution in [0.3, 0.4) is 0 Å². The normalized spacial score (nSPS) is 17.2. The molecule has 1 aromatic rings. The predicted octanol–water partition coefficient (Wildman–Crippen LogP) is 0.571. The second-order valence-corrected chi connectivity index (χ2v) is 4.03. The quantitative estimate of drug-likeness (QED) is 0.780. The van der Waals surface area contributed by atoms with Crippen molar-refractivity contribution in [3.05, 3.63) is 23.8 Å². The molecule has 5 nitrogen and oxygen atoms in total. The monoisotopic (exact) mass is 221 g/mol. The molecule has 2 N–H and O–H groups in total. The third-order valence-corrected chi connectivity index (χ3v) is 2.82. The lowest BCUT2D eigenvalue weighted by Crippen LogP contribution is -2.27. The maximum absolute atomic E-state index is 10.5. The van der Waals surface area contributed by atoms with E-state index in [1.165, 1.54) is 0 Å². The number of piperidine rings is 1. The van der Waals surface area contributed by atoms with Crippen molar-refractivity contribution in [3.8, 4) is 0 Å². The van der Waals surface area contributed by atoms with Crippen molar-refractivity contribution >= 4 is 5.97 Å². The Kier molecular flexibility index (Phi) is 3.46. The zero-order valence-electron chi connectivity index (χ0n) is 9.02. The fraction of sp³-hybridized carbons (Fsp3) is 0.545. The summed E-state index contributed by atoms with van der Waals surface area (Å²) < 4.78 is 0. The van der Waals surface area contributed by atoms with Crippen LogP contribution in [0.2, 0.25) is 0 Å². The Balaban J connectivity index is 2.03. The molecule has 16 heavy (non-hydrogen) atoms. The Morgan fingerprint density at radius 1 is 1.38 bits per heavy atom. The van der Waals surface area contributed by atoms with Gasteiger partial charge in [-0.2, -0.15) is 0 Å². The molecular formula is C11H15N3O2. The molecule has 0 atom stereocenters. The summed E-state index contributed by atoms with van der Waals surface area (Å²) in [6.07, 6.45) is 5.39. The van der Waals surface area contributed by atoms with Crippen molar-refractivity contribution in [1.29, 1.82) is 0 Å². The zero-order chi connectivity index (χ0) is 11.4. The predicted molar refractivity (Wildman–Crippen MR) is 58.2 cm³/mol. The Morgan fingerprint density at radius 3 is 2.69 bits per heavy atom. The molecular weight excluding hydrogens is 206 g/mol. The van der Waals surface area contributed by atoms with Gasteiger partial charge in [0.2, 0.25) is 0 Å². The average molecular weight is 221 g/mol. The lowest BCUT2D eigenvalue weighted by molar-refractivity contribution is -0.136. The SMILES string of the molecule is O=C(O)Cc1cnc(C2CCNCC2)cn1. The summed E-state index contributed by atoms with van der Waals surface area (Å²) in [5.41, 5.74) is 1.50. The van der Waals surface area contributed by atoms with Crippen LogP contribution in [0, 0.1) is 0 Å². The van der Waals surface area contributed by atoms with Gasteiger partial charge in [-0.15, -0.1) is 0 Å². The molecule has 86 valence electrons. The van der Waals surface area contributed by atoms with Gasteiger partial charge in [-0.05, 0) is 25.9 Å². The Bertz CT molecular complexity index is 358. The van der Waals surface area contributed by atoms with Gasteiger partial charge < -0.3 is 10.4 Å². The van der Waals surface area contributed by atoms with Crippen molar-refractivity contribution in [3.63, 3.8) is 0 Å². The summed E-state index contributed by atoms with van der Waals surface area (Å²) in [5, 5.41) is 11.9. The van der Waals surface area contributed by atoms with Gasteiger partial charge in [0, 0.05) is 18.3 Å². The number of carboxylic acid groups (broad SMARTS) is 1. The molecule has 1 aliphatic heterocycles. The van der Waals surface area contributed by atoms with Crippen LogP contribution in [0.25, 0.3) is 0 Å². The van der Waals surface area contributed by atoms with Gasteiger partial charge in [0.1, 0.15) is 0 Å². The van der Waals surface area contributed by atoms with Gasteiger partial charge >= 0.3 is 5.97 Å². The molecule has 0 unspecified atom stereocenters. The van der Waals surface area contributed by atoms with Crippen LogP contribution in [0.1, 0.15) is 30.1 Å². The molecule has 0 radical (unpaired) electrons. The highest BCUT2D eigenvalue weighted by atomic mass is 16.4. The Labute approximate surface area is 93.9 Å². The van der Waals surface area contributed by atoms with E-state index in [9.17, 15) is 4.79 Å². The third kappa shape index (κ3) is 2.76. The molecule has 0 saturated carbocycles. The summed E-state index contributed by atoms with van der Waals surface area (Å²) in [5.74, 6) is -0.406. The molecule has 2 rings (SSSR count). The van der Waals surface area contributed by atoms with E-state index >= 15 is 0 Å². The average Bonchev–Trinajstić information content (AvgIpc) is 2.30. The van der Waals surface area contributed by atoms with Gasteiger partial charge in [-0.25, -0.2) is 0 Å². The molecule has 5 heteroatoms. The van der Waals surface area contributed by atoms with E-state index in [-0.39, 0.29) is 6.42 Å². The molecule has 1 fully saturated rings. The van der Waals surface area contributed by atoms with E-state index < -0.39 is 5.97 Å². The smallest absolute Gasteiger partial charge is 0.309 e. The van der Waals surface area contributed by atoms with Crippen molar-refractivity contribution in [2.75, 3.05) is 13.1 Å². The molecule has 0 aliphatic carbocycles. The summed E-state index contributed by atoms with van der Waals surface area (Å²) in [6, 6.07) is 0. The highest BCUT2D eigenvalue weighted by molar-refractivity contribution is 5.69. The fourth-order valence-corrected chi connectivity index (χ4v) is 1.94. The fourth-order valence-electron chi connectivity index (χ4n) is 1.94. The molecule has 0 amide bonds. The van der Waals surface area contributed by atoms with Gasteiger partial charge in [0.15, 0.2) is 0 Å². The van der Waals surface area contributed by atoms with Crippen LogP contribution in [0.15, 0.2) is 12.4 Å². The minimum atomic E-state index is -0.871. The van der Waals surface area contributed by atoms with E-state index in [1.807, 2.05) is 0 Å². The molecule has 0 spiro atoms. The lowest BCUT2D eigenvalue weighted by atomic mass is 9.95. The number of carboxylic acids is 1. The van der Waals surface area contributed by atoms with Gasteiger partial charge in [-0.1, -0.05) is 0 Å². The molecule has 2 heterocycles. The van der Waals surface area contributed by atoms with Gasteiger partial charge in [-0.3, -0.25) is 14.8 Å². The summed E-state index contributed by atoms with van der Waals surface area (Å²) in [6.45, 7) is 2.03. The van der Waals surface area contributed by atoms with Crippen LogP contribution in [-0.4, -0.2) is 34.1 Å². The minimum Gasteiger partial charge on any atom is -0.481 e. The van der Waals surface area contributed by atoms with Crippen molar-refractivity contribution in [2.24, 2.45) is 0 Å². The van der Waals surface area contributed by atoms with Crippen LogP contribution in [-0.2, 0) is 11.2 Å². The number of aromatic nitrogens is 2. The van der Waals surface area contributed by atoms with E-state index in [1.54, 1.807) is 12.4 Å². The van der Waals surface area contributed by atoms with E-state index in [0.717, 1.165) is 31.6 Å². The topological polar surface area (TPSA) is 75.1 Å². The summed E-state index contributed by atoms with van der Waals surface area (Å²) in [7, 11) is 0. The number of aliphatic carboxylic acids is 1. The molecule has 1 aliphatic rings. The third-order valence-electron chi connectivity index (χ3n) is 2.82. The van der Waals surface area contributed by atoms with E-state index in [2.05, 4.69) is 15.3 Å². The van der Waals surface area contributed by atoms with Crippen molar-refractivity contribution < 1.29 is 9.90 Å². The maximum Gasteiger partial charge on any atom is 0.309 e. The van der Waals surface area contributed by atoms with Crippen molar-refractivity contribution in [1.82, 2.24) is 15.3 Å². The van der Waals surface area contributed by atoms with Gasteiger partial charge in [0.05, 0.1) is 17.8 Å². The Morgan fingerprint density at radius 2 is 2.12 bits per heavy atom. The standard InChI is InChI=1S/C11H15N3O2/c15-11(16)5-9-6-14-10(7-13-9)8-1-3-12-4-2-8/h6-8,12H,1-5H2,(H,15,16). The lowest BCUT2D eigenvalue weighted by Gasteiger charge is -2.21. The van der Waals surface area contributed by atoms with Crippen LogP contribution in [0.4, 0.5) is 0 Å². The Hall–Kier alpha value is -1.49. The number of nitrogens with zero attached hydrogens (tertiary/aromatic N) is 2. The first kappa shape index (κ1) is 11.0. The van der Waals surface area contributed by atoms with Crippen LogP contribution >= 0.6 is 0 Å². The number of nitrogens with one attached hydrogen (secondary N) is 1. The first-order valence-electron chi connectivity index (χ1n) is 5.49. The highest BCUT2D eigenvalue weighted by Gasteiger charge is 2.16. The van der Waals surface area contributed by atoms with E-state index in [4.69, 9.17) is 5.11 Å². The molecule has 1 saturated heterocycles. The molecule has 0 aromatic carbocycles. The van der Waals surface area contributed by atoms with Crippen LogP contribution < -0.4 is 5.32 Å². The number of hydrogen-bond donors (Lipinski definition) is 2. The summed E-state index contributed by atoms with van der Waals surface area (Å²) in [4.78, 5) is 18.9. The number of hydrogen-bond acceptors (Lipinski definition) is 4. The maximum atomic E-state index is 10.5. The molecule has 1 aromatic heterocycles. The first-order chi connectivity index (χ1) is 7.75. The van der Waals surface area contributed by atoms with Crippen LogP contribution in [0.5, 0.6) is 0 Å². The minimum absolute atomic E-state index is 0.0560. The summed E-state index contributed by atoms with van der Waals surface area (Å²) >= 11 is 0. The second kappa shape index (κ2) is 5.03. The zero-order valence-corrected chi connectivity index (χ0v) is 9.02. The van der Waals surface area contributed by atoms with Gasteiger partial charge in [0.25, 0.3) is 0 Å². The number of carbonyl (C=O) groups is 1. The highest BCUT2D eigenvalue weighted by Crippen LogP contribution is 2.22. The largest absolute Gasteiger partial charge is 0.481 e. The van der Waals surface area contributed by atoms with Crippen molar-refractivity contribution in [2.45, 2.75) is 25.2 Å². The molecule has 0 bridgehead atoms.